The van der Waals surface area contributed by atoms with Crippen LogP contribution in [0.1, 0.15) is 24.0 Å². The molecule has 0 radical (unpaired) electrons. The Bertz CT molecular complexity index is 1460. The van der Waals surface area contributed by atoms with Gasteiger partial charge >= 0.3 is 0 Å². The zero-order valence-electron chi connectivity index (χ0n) is 24.7. The van der Waals surface area contributed by atoms with E-state index in [1.807, 2.05) is 60.7 Å². The van der Waals surface area contributed by atoms with E-state index in [0.717, 1.165) is 24.0 Å². The van der Waals surface area contributed by atoms with Crippen molar-refractivity contribution in [3.8, 4) is 5.75 Å². The zero-order valence-corrected chi connectivity index (χ0v) is 25.5. The van der Waals surface area contributed by atoms with Crippen LogP contribution in [0, 0.1) is 0 Å². The number of hydrogen-bond acceptors (Lipinski definition) is 7. The number of carbonyl (C=O) groups is 2. The lowest BCUT2D eigenvalue weighted by Gasteiger charge is -2.31. The number of hydrogen-bond donors (Lipinski definition) is 1. The monoisotopic (exact) mass is 621 g/mol. The molecule has 0 saturated carbocycles. The third-order valence-corrected chi connectivity index (χ3v) is 9.70. The number of ether oxygens (including phenoxy) is 3. The second-order valence-electron chi connectivity index (χ2n) is 10.9. The van der Waals surface area contributed by atoms with Gasteiger partial charge in [0.15, 0.2) is 6.61 Å². The van der Waals surface area contributed by atoms with Crippen molar-refractivity contribution in [2.24, 2.45) is 0 Å². The number of benzene rings is 3. The molecule has 1 N–H and O–H groups in total. The van der Waals surface area contributed by atoms with Crippen molar-refractivity contribution in [1.29, 1.82) is 0 Å². The van der Waals surface area contributed by atoms with Crippen LogP contribution in [0.25, 0.3) is 0 Å². The second kappa shape index (κ2) is 15.3. The predicted molar refractivity (Wildman–Crippen MR) is 164 cm³/mol. The van der Waals surface area contributed by atoms with Gasteiger partial charge in [-0.15, -0.1) is 0 Å². The molecule has 0 spiro atoms. The molecule has 234 valence electrons. The molecule has 11 heteroatoms. The van der Waals surface area contributed by atoms with E-state index in [1.165, 1.54) is 28.6 Å². The molecular weight excluding hydrogens is 582 g/mol. The maximum absolute atomic E-state index is 13.8. The highest BCUT2D eigenvalue weighted by molar-refractivity contribution is 7.89. The molecule has 0 aliphatic carbocycles. The largest absolute Gasteiger partial charge is 0.484 e. The molecule has 3 aromatic carbocycles. The van der Waals surface area contributed by atoms with Crippen molar-refractivity contribution in [2.45, 2.75) is 42.8 Å². The van der Waals surface area contributed by atoms with Crippen molar-refractivity contribution in [2.75, 3.05) is 46.1 Å². The summed E-state index contributed by atoms with van der Waals surface area (Å²) in [6, 6.07) is 24.4. The molecule has 3 aromatic rings. The molecule has 0 aromatic heterocycles. The first-order valence-corrected chi connectivity index (χ1v) is 16.4. The Hall–Kier alpha value is -3.77. The highest BCUT2D eigenvalue weighted by atomic mass is 32.2. The first-order chi connectivity index (χ1) is 21.4. The van der Waals surface area contributed by atoms with Crippen molar-refractivity contribution in [3.05, 3.63) is 96.1 Å². The van der Waals surface area contributed by atoms with Gasteiger partial charge in [0.1, 0.15) is 11.8 Å². The van der Waals surface area contributed by atoms with Crippen LogP contribution in [0.15, 0.2) is 89.8 Å². The summed E-state index contributed by atoms with van der Waals surface area (Å²) in [5.41, 5.74) is 1.80. The minimum absolute atomic E-state index is 0.0343. The summed E-state index contributed by atoms with van der Waals surface area (Å²) in [6.07, 6.45) is 2.14. The highest BCUT2D eigenvalue weighted by Crippen LogP contribution is 2.21. The van der Waals surface area contributed by atoms with Crippen LogP contribution in [0.2, 0.25) is 0 Å². The lowest BCUT2D eigenvalue weighted by Crippen LogP contribution is -2.52. The molecule has 0 bridgehead atoms. The van der Waals surface area contributed by atoms with Gasteiger partial charge in [-0.25, -0.2) is 8.42 Å². The summed E-state index contributed by atoms with van der Waals surface area (Å²) in [4.78, 5) is 29.2. The molecule has 2 heterocycles. The standard InChI is InChI=1S/C33H39N3O7S/c37-32(25-43-28-13-15-30(16-14-28)44(39,40)35-17-20-41-21-18-35)36(24-27-10-5-2-6-11-27)31(22-26-8-3-1-4-9-26)33(38)34-23-29-12-7-19-42-29/h1-6,8-11,13-16,29,31H,7,12,17-25H2,(H,34,38)/t29-,31+/m1/s1. The van der Waals surface area contributed by atoms with E-state index in [4.69, 9.17) is 14.2 Å². The molecule has 2 aliphatic heterocycles. The molecule has 2 aliphatic rings. The predicted octanol–water partition coefficient (Wildman–Crippen LogP) is 3.02. The fraction of sp³-hybridized carbons (Fsp3) is 0.394. The molecule has 10 nitrogen and oxygen atoms in total. The molecule has 5 rings (SSSR count). The van der Waals surface area contributed by atoms with Crippen molar-refractivity contribution >= 4 is 21.8 Å². The SMILES string of the molecule is O=C(NC[C@H]1CCCO1)[C@H](Cc1ccccc1)N(Cc1ccccc1)C(=O)COc1ccc(S(=O)(=O)N2CCOCC2)cc1. The maximum atomic E-state index is 13.8. The normalized spacial score (nSPS) is 18.0. The molecule has 2 fully saturated rings. The van der Waals surface area contributed by atoms with E-state index in [1.54, 1.807) is 4.90 Å². The van der Waals surface area contributed by atoms with Crippen molar-refractivity contribution in [3.63, 3.8) is 0 Å². The van der Waals surface area contributed by atoms with Gasteiger partial charge in [0, 0.05) is 39.2 Å². The van der Waals surface area contributed by atoms with Gasteiger partial charge in [0.25, 0.3) is 5.91 Å². The Morgan fingerprint density at radius 1 is 0.909 bits per heavy atom. The van der Waals surface area contributed by atoms with E-state index < -0.39 is 16.1 Å². The number of amides is 2. The molecule has 2 atom stereocenters. The van der Waals surface area contributed by atoms with Crippen LogP contribution in [0.4, 0.5) is 0 Å². The number of rotatable bonds is 13. The van der Waals surface area contributed by atoms with Crippen LogP contribution in [-0.4, -0.2) is 87.6 Å². The van der Waals surface area contributed by atoms with E-state index in [-0.39, 0.29) is 36.0 Å². The van der Waals surface area contributed by atoms with Gasteiger partial charge in [0.2, 0.25) is 15.9 Å². The van der Waals surface area contributed by atoms with Gasteiger partial charge in [-0.3, -0.25) is 9.59 Å². The third-order valence-electron chi connectivity index (χ3n) is 7.79. The second-order valence-corrected chi connectivity index (χ2v) is 12.8. The Kier molecular flexibility index (Phi) is 11.0. The number of nitrogens with zero attached hydrogens (tertiary/aromatic N) is 2. The summed E-state index contributed by atoms with van der Waals surface area (Å²) in [6.45, 7) is 2.28. The Morgan fingerprint density at radius 3 is 2.20 bits per heavy atom. The van der Waals surface area contributed by atoms with Gasteiger partial charge in [-0.1, -0.05) is 60.7 Å². The summed E-state index contributed by atoms with van der Waals surface area (Å²) in [5, 5.41) is 3.02. The number of nitrogens with one attached hydrogen (secondary N) is 1. The van der Waals surface area contributed by atoms with Gasteiger partial charge in [-0.05, 0) is 48.2 Å². The minimum Gasteiger partial charge on any atom is -0.484 e. The van der Waals surface area contributed by atoms with Crippen LogP contribution in [0.5, 0.6) is 5.75 Å². The maximum Gasteiger partial charge on any atom is 0.261 e. The summed E-state index contributed by atoms with van der Waals surface area (Å²) >= 11 is 0. The number of carbonyl (C=O) groups excluding carboxylic acids is 2. The molecule has 44 heavy (non-hydrogen) atoms. The number of sulfonamides is 1. The summed E-state index contributed by atoms with van der Waals surface area (Å²) < 4.78 is 44.2. The van der Waals surface area contributed by atoms with Gasteiger partial charge < -0.3 is 24.4 Å². The van der Waals surface area contributed by atoms with Gasteiger partial charge in [-0.2, -0.15) is 4.31 Å². The van der Waals surface area contributed by atoms with E-state index in [2.05, 4.69) is 5.32 Å². The van der Waals surface area contributed by atoms with Crippen LogP contribution >= 0.6 is 0 Å². The van der Waals surface area contributed by atoms with Crippen molar-refractivity contribution in [1.82, 2.24) is 14.5 Å². The Labute approximate surface area is 259 Å². The average Bonchev–Trinajstić information content (AvgIpc) is 3.59. The quantitative estimate of drug-likeness (QED) is 0.312. The van der Waals surface area contributed by atoms with E-state index in [0.29, 0.717) is 51.6 Å². The first-order valence-electron chi connectivity index (χ1n) is 15.0. The first kappa shape index (κ1) is 31.6. The van der Waals surface area contributed by atoms with Gasteiger partial charge in [0.05, 0.1) is 24.2 Å². The Morgan fingerprint density at radius 2 is 1.57 bits per heavy atom. The topological polar surface area (TPSA) is 114 Å². The van der Waals surface area contributed by atoms with E-state index >= 15 is 0 Å². The highest BCUT2D eigenvalue weighted by Gasteiger charge is 2.32. The molecule has 2 saturated heterocycles. The molecule has 0 unspecified atom stereocenters. The summed E-state index contributed by atoms with van der Waals surface area (Å²) in [7, 11) is -3.65. The summed E-state index contributed by atoms with van der Waals surface area (Å²) in [5.74, 6) is -0.278. The Balaban J connectivity index is 1.32. The smallest absolute Gasteiger partial charge is 0.261 e. The van der Waals surface area contributed by atoms with Crippen LogP contribution in [-0.2, 0) is 42.1 Å². The van der Waals surface area contributed by atoms with Crippen molar-refractivity contribution < 1.29 is 32.2 Å². The lowest BCUT2D eigenvalue weighted by molar-refractivity contribution is -0.143. The minimum atomic E-state index is -3.65. The fourth-order valence-corrected chi connectivity index (χ4v) is 6.75. The number of morpholine rings is 1. The average molecular weight is 622 g/mol. The molecular formula is C33H39N3O7S. The van der Waals surface area contributed by atoms with Crippen LogP contribution < -0.4 is 10.1 Å². The molecule has 2 amide bonds. The van der Waals surface area contributed by atoms with E-state index in [9.17, 15) is 18.0 Å². The fourth-order valence-electron chi connectivity index (χ4n) is 5.34. The van der Waals surface area contributed by atoms with Crippen LogP contribution in [0.3, 0.4) is 0 Å². The lowest BCUT2D eigenvalue weighted by atomic mass is 10.0. The zero-order chi connectivity index (χ0) is 30.8. The third kappa shape index (κ3) is 8.44.